The van der Waals surface area contributed by atoms with Crippen LogP contribution in [0, 0.1) is 0 Å². The van der Waals surface area contributed by atoms with Crippen LogP contribution in [0.4, 0.5) is 0 Å². The number of hydrogen-bond acceptors (Lipinski definition) is 3. The largest absolute Gasteiger partial charge is 0.481 e. The Hall–Kier alpha value is -0.610. The molecule has 0 amide bonds. The summed E-state index contributed by atoms with van der Waals surface area (Å²) in [5, 5.41) is 19.4. The zero-order chi connectivity index (χ0) is 7.82. The fourth-order valence-electron chi connectivity index (χ4n) is 0.524. The van der Waals surface area contributed by atoms with E-state index in [0.29, 0.717) is 19.5 Å². The van der Waals surface area contributed by atoms with Crippen molar-refractivity contribution in [3.63, 3.8) is 0 Å². The molecule has 0 unspecified atom stereocenters. The van der Waals surface area contributed by atoms with Crippen molar-refractivity contribution in [1.82, 2.24) is 5.32 Å². The van der Waals surface area contributed by atoms with E-state index in [9.17, 15) is 4.79 Å². The maximum Gasteiger partial charge on any atom is 0.304 e. The number of carboxylic acids is 1. The van der Waals surface area contributed by atoms with Gasteiger partial charge in [-0.2, -0.15) is 0 Å². The number of rotatable bonds is 6. The second kappa shape index (κ2) is 6.51. The summed E-state index contributed by atoms with van der Waals surface area (Å²) in [7, 11) is 0. The molecule has 0 aliphatic rings. The topological polar surface area (TPSA) is 69.6 Å². The molecule has 0 atom stereocenters. The van der Waals surface area contributed by atoms with Crippen LogP contribution in [0.15, 0.2) is 0 Å². The van der Waals surface area contributed by atoms with Crippen molar-refractivity contribution >= 4 is 5.97 Å². The Labute approximate surface area is 59.9 Å². The van der Waals surface area contributed by atoms with Crippen LogP contribution in [0.3, 0.4) is 0 Å². The molecule has 0 spiro atoms. The molecule has 0 aromatic heterocycles. The van der Waals surface area contributed by atoms with Gasteiger partial charge in [-0.3, -0.25) is 4.79 Å². The Kier molecular flexibility index (Phi) is 6.11. The van der Waals surface area contributed by atoms with Crippen LogP contribution in [0.2, 0.25) is 0 Å². The standard InChI is InChI=1S/C6H13NO3/c8-5-1-3-7-4-2-6(9)10/h7-8H,1-5H2,(H,9,10). The van der Waals surface area contributed by atoms with Crippen LogP contribution < -0.4 is 5.32 Å². The lowest BCUT2D eigenvalue weighted by Crippen LogP contribution is -2.19. The quantitative estimate of drug-likeness (QED) is 0.440. The molecule has 0 fully saturated rings. The molecule has 0 saturated heterocycles. The highest BCUT2D eigenvalue weighted by Gasteiger charge is 1.93. The molecule has 3 N–H and O–H groups in total. The van der Waals surface area contributed by atoms with Gasteiger partial charge in [0.15, 0.2) is 0 Å². The maximum atomic E-state index is 9.94. The van der Waals surface area contributed by atoms with Crippen molar-refractivity contribution in [1.29, 1.82) is 0 Å². The fourth-order valence-corrected chi connectivity index (χ4v) is 0.524. The van der Waals surface area contributed by atoms with E-state index in [1.807, 2.05) is 0 Å². The van der Waals surface area contributed by atoms with Gasteiger partial charge in [-0.05, 0) is 13.0 Å². The van der Waals surface area contributed by atoms with Crippen molar-refractivity contribution in [3.8, 4) is 0 Å². The first kappa shape index (κ1) is 9.39. The van der Waals surface area contributed by atoms with E-state index in [2.05, 4.69) is 5.32 Å². The summed E-state index contributed by atoms with van der Waals surface area (Å²) in [5.74, 6) is -0.795. The number of carbonyl (C=O) groups is 1. The predicted octanol–water partition coefficient (Wildman–Crippen LogP) is -0.567. The molecular weight excluding hydrogens is 134 g/mol. The van der Waals surface area contributed by atoms with Crippen LogP contribution in [0.25, 0.3) is 0 Å². The predicted molar refractivity (Wildman–Crippen MR) is 36.8 cm³/mol. The smallest absolute Gasteiger partial charge is 0.304 e. The summed E-state index contributed by atoms with van der Waals surface area (Å²) in [6.07, 6.45) is 0.824. The van der Waals surface area contributed by atoms with Gasteiger partial charge in [0, 0.05) is 13.2 Å². The summed E-state index contributed by atoms with van der Waals surface area (Å²) < 4.78 is 0. The average Bonchev–Trinajstić information content (AvgIpc) is 1.87. The van der Waals surface area contributed by atoms with Gasteiger partial charge in [-0.1, -0.05) is 0 Å². The first-order chi connectivity index (χ1) is 4.77. The van der Waals surface area contributed by atoms with Crippen LogP contribution in [-0.2, 0) is 4.79 Å². The molecule has 0 radical (unpaired) electrons. The molecule has 10 heavy (non-hydrogen) atoms. The maximum absolute atomic E-state index is 9.94. The summed E-state index contributed by atoms with van der Waals surface area (Å²) >= 11 is 0. The van der Waals surface area contributed by atoms with Gasteiger partial charge in [0.05, 0.1) is 6.42 Å². The first-order valence-electron chi connectivity index (χ1n) is 3.30. The Morgan fingerprint density at radius 3 is 2.60 bits per heavy atom. The van der Waals surface area contributed by atoms with Gasteiger partial charge in [0.1, 0.15) is 0 Å². The monoisotopic (exact) mass is 147 g/mol. The zero-order valence-corrected chi connectivity index (χ0v) is 5.84. The normalized spacial score (nSPS) is 9.70. The molecule has 60 valence electrons. The number of aliphatic hydroxyl groups excluding tert-OH is 1. The highest BCUT2D eigenvalue weighted by atomic mass is 16.4. The number of hydrogen-bond donors (Lipinski definition) is 3. The van der Waals surface area contributed by atoms with Crippen molar-refractivity contribution in [2.75, 3.05) is 19.7 Å². The van der Waals surface area contributed by atoms with E-state index in [1.54, 1.807) is 0 Å². The summed E-state index contributed by atoms with van der Waals surface area (Å²) in [5.41, 5.74) is 0. The number of carboxylic acid groups (broad SMARTS) is 1. The number of aliphatic carboxylic acids is 1. The Morgan fingerprint density at radius 1 is 1.40 bits per heavy atom. The minimum Gasteiger partial charge on any atom is -0.481 e. The molecular formula is C6H13NO3. The van der Waals surface area contributed by atoms with Gasteiger partial charge < -0.3 is 15.5 Å². The number of nitrogens with one attached hydrogen (secondary N) is 1. The number of aliphatic hydroxyl groups is 1. The van der Waals surface area contributed by atoms with Gasteiger partial charge in [0.25, 0.3) is 0 Å². The highest BCUT2D eigenvalue weighted by Crippen LogP contribution is 1.76. The Balaban J connectivity index is 2.84. The second-order valence-electron chi connectivity index (χ2n) is 1.97. The van der Waals surface area contributed by atoms with E-state index < -0.39 is 5.97 Å². The minimum atomic E-state index is -0.795. The molecule has 0 aromatic carbocycles. The lowest BCUT2D eigenvalue weighted by Gasteiger charge is -1.98. The van der Waals surface area contributed by atoms with Crippen molar-refractivity contribution in [3.05, 3.63) is 0 Å². The van der Waals surface area contributed by atoms with Gasteiger partial charge in [0.2, 0.25) is 0 Å². The molecule has 4 nitrogen and oxygen atoms in total. The molecule has 0 aromatic rings. The zero-order valence-electron chi connectivity index (χ0n) is 5.84. The average molecular weight is 147 g/mol. The van der Waals surface area contributed by atoms with Gasteiger partial charge >= 0.3 is 5.97 Å². The van der Waals surface area contributed by atoms with E-state index in [4.69, 9.17) is 10.2 Å². The third-order valence-electron chi connectivity index (χ3n) is 1.03. The highest BCUT2D eigenvalue weighted by molar-refractivity contribution is 5.66. The van der Waals surface area contributed by atoms with E-state index in [-0.39, 0.29) is 13.0 Å². The lowest BCUT2D eigenvalue weighted by atomic mass is 10.4. The summed E-state index contributed by atoms with van der Waals surface area (Å²) in [4.78, 5) is 9.94. The van der Waals surface area contributed by atoms with Crippen molar-refractivity contribution in [2.24, 2.45) is 0 Å². The molecule has 0 aliphatic heterocycles. The molecule has 0 heterocycles. The van der Waals surface area contributed by atoms with Crippen LogP contribution in [0.1, 0.15) is 12.8 Å². The SMILES string of the molecule is O=C(O)CCNCCCO. The minimum absolute atomic E-state index is 0.144. The van der Waals surface area contributed by atoms with Crippen LogP contribution >= 0.6 is 0 Å². The Morgan fingerprint density at radius 2 is 2.10 bits per heavy atom. The first-order valence-corrected chi connectivity index (χ1v) is 3.30. The summed E-state index contributed by atoms with van der Waals surface area (Å²) in [6.45, 7) is 1.32. The third-order valence-corrected chi connectivity index (χ3v) is 1.03. The van der Waals surface area contributed by atoms with Crippen LogP contribution in [-0.4, -0.2) is 35.9 Å². The van der Waals surface area contributed by atoms with E-state index in [1.165, 1.54) is 0 Å². The van der Waals surface area contributed by atoms with Crippen molar-refractivity contribution < 1.29 is 15.0 Å². The van der Waals surface area contributed by atoms with Crippen molar-refractivity contribution in [2.45, 2.75) is 12.8 Å². The van der Waals surface area contributed by atoms with Crippen LogP contribution in [0.5, 0.6) is 0 Å². The second-order valence-corrected chi connectivity index (χ2v) is 1.97. The molecule has 4 heteroatoms. The Bertz CT molecular complexity index is 95.0. The fraction of sp³-hybridized carbons (Fsp3) is 0.833. The van der Waals surface area contributed by atoms with Gasteiger partial charge in [-0.25, -0.2) is 0 Å². The van der Waals surface area contributed by atoms with E-state index >= 15 is 0 Å². The van der Waals surface area contributed by atoms with E-state index in [0.717, 1.165) is 0 Å². The molecule has 0 aliphatic carbocycles. The summed E-state index contributed by atoms with van der Waals surface area (Å²) in [6, 6.07) is 0. The third kappa shape index (κ3) is 7.39. The molecule has 0 saturated carbocycles. The lowest BCUT2D eigenvalue weighted by molar-refractivity contribution is -0.136. The van der Waals surface area contributed by atoms with Gasteiger partial charge in [-0.15, -0.1) is 0 Å². The molecule has 0 bridgehead atoms. The molecule has 0 rings (SSSR count).